The Morgan fingerprint density at radius 3 is 1.29 bits per heavy atom. The van der Waals surface area contributed by atoms with Crippen molar-refractivity contribution >= 4 is 179 Å². The monoisotopic (exact) mass is 1890 g/mol. The number of aliphatic carboxylic acids is 1. The molecule has 33 nitrogen and oxygen atoms in total. The minimum Gasteiger partial charge on any atom is -0.537 e. The molecule has 1 radical (unpaired) electrons. The van der Waals surface area contributed by atoms with Crippen molar-refractivity contribution in [3.05, 3.63) is 234 Å². The molecule has 12 aromatic rings. The van der Waals surface area contributed by atoms with Crippen molar-refractivity contribution in [1.29, 1.82) is 0 Å². The smallest absolute Gasteiger partial charge is 0.537 e. The van der Waals surface area contributed by atoms with Crippen molar-refractivity contribution in [2.24, 2.45) is 0 Å². The maximum absolute atomic E-state index is 11.7. The zero-order chi connectivity index (χ0) is 92.2. The maximum atomic E-state index is 11.7. The van der Waals surface area contributed by atoms with E-state index in [2.05, 4.69) is 114 Å². The largest absolute Gasteiger partial charge is 0.569 e. The zero-order valence-corrected chi connectivity index (χ0v) is 79.1. The molecule has 0 fully saturated rings. The molecule has 124 heavy (non-hydrogen) atoms. The van der Waals surface area contributed by atoms with Gasteiger partial charge in [-0.05, 0) is 113 Å². The molecule has 659 valence electrons. The van der Waals surface area contributed by atoms with Crippen molar-refractivity contribution < 1.29 is 97.0 Å². The molecular formula is C82H100BCl5N15O18Si2Zn. The first-order valence-electron chi connectivity index (χ1n) is 36.7. The molecule has 0 aliphatic carbocycles. The number of imidazole rings is 4. The van der Waals surface area contributed by atoms with Crippen LogP contribution in [0.15, 0.2) is 159 Å². The number of carbonyl (C=O) groups is 7. The molecule has 0 spiro atoms. The number of anilines is 4. The van der Waals surface area contributed by atoms with Gasteiger partial charge in [-0.2, -0.15) is 11.1 Å². The summed E-state index contributed by atoms with van der Waals surface area (Å²) in [6, 6.07) is 30.7. The third-order valence-corrected chi connectivity index (χ3v) is 29.1. The maximum Gasteiger partial charge on any atom is 0.569 e. The van der Waals surface area contributed by atoms with E-state index in [1.54, 1.807) is 69.0 Å². The van der Waals surface area contributed by atoms with Crippen LogP contribution >= 0.6 is 57.5 Å². The Balaban J connectivity index is 0.000000491. The van der Waals surface area contributed by atoms with E-state index in [0.29, 0.717) is 87.5 Å². The number of nitrogens with zero attached hydrogens (tertiary/aromatic N) is 11. The molecule has 12 N–H and O–H groups in total. The van der Waals surface area contributed by atoms with Crippen LogP contribution in [0.25, 0.3) is 44.8 Å². The van der Waals surface area contributed by atoms with E-state index in [0.717, 1.165) is 45.9 Å². The number of pyridine rings is 5. The summed E-state index contributed by atoms with van der Waals surface area (Å²) in [5, 5.41) is 54.5. The summed E-state index contributed by atoms with van der Waals surface area (Å²) in [6.07, 6.45) is 14.3. The van der Waals surface area contributed by atoms with E-state index in [-0.39, 0.29) is 113 Å². The topological polar surface area (TPSA) is 501 Å². The van der Waals surface area contributed by atoms with Crippen molar-refractivity contribution in [2.45, 2.75) is 152 Å². The predicted molar refractivity (Wildman–Crippen MR) is 486 cm³/mol. The molecule has 9 heterocycles. The number of benzene rings is 3. The minimum absolute atomic E-state index is 0. The molecule has 0 aliphatic rings. The Kier molecular flexibility index (Phi) is 43.6. The quantitative estimate of drug-likeness (QED) is 0.00455. The molecule has 42 heteroatoms. The van der Waals surface area contributed by atoms with Crippen molar-refractivity contribution in [2.75, 3.05) is 29.5 Å². The van der Waals surface area contributed by atoms with E-state index in [1.165, 1.54) is 75.2 Å². The van der Waals surface area contributed by atoms with Crippen LogP contribution in [0.3, 0.4) is 0 Å². The Morgan fingerprint density at radius 2 is 0.927 bits per heavy atom. The summed E-state index contributed by atoms with van der Waals surface area (Å²) in [5.74, 6) is -1.54. The van der Waals surface area contributed by atoms with E-state index in [4.69, 9.17) is 105 Å². The molecule has 1 unspecified atom stereocenters. The van der Waals surface area contributed by atoms with E-state index >= 15 is 0 Å². The number of carbonyl (C=O) groups excluding carboxylic acids is 6. The Labute approximate surface area is 756 Å². The van der Waals surface area contributed by atoms with Crippen LogP contribution in [-0.2, 0) is 62.8 Å². The molecular weight excluding hydrogens is 1790 g/mol. The summed E-state index contributed by atoms with van der Waals surface area (Å²) in [6.45, 7) is 31.6. The number of aldehydes is 1. The number of halogens is 5. The molecule has 1 atom stereocenters. The number of nitrogens with two attached hydrogens (primary N) is 4. The van der Waals surface area contributed by atoms with Gasteiger partial charge in [0, 0.05) is 96.2 Å². The van der Waals surface area contributed by atoms with Crippen LogP contribution in [0, 0.1) is 20.2 Å². The number of carboxylic acids is 1. The van der Waals surface area contributed by atoms with Gasteiger partial charge in [0.2, 0.25) is 11.5 Å². The number of Topliss-reactive ketones (excluding diaryl/α,β-unsaturated/α-hetero) is 4. The van der Waals surface area contributed by atoms with Crippen LogP contribution < -0.4 is 27.6 Å². The van der Waals surface area contributed by atoms with Gasteiger partial charge in [-0.3, -0.25) is 61.8 Å². The van der Waals surface area contributed by atoms with Gasteiger partial charge in [0.25, 0.3) is 5.97 Å². The van der Waals surface area contributed by atoms with Crippen molar-refractivity contribution in [1.82, 2.24) is 42.5 Å². The number of nitro groups is 2. The van der Waals surface area contributed by atoms with Gasteiger partial charge in [-0.25, -0.2) is 29.7 Å². The number of ketones is 4. The number of hydrogen-bond acceptors (Lipinski definition) is 26. The van der Waals surface area contributed by atoms with Gasteiger partial charge >= 0.3 is 25.0 Å². The molecule has 0 bridgehead atoms. The number of carboxylic acid groups (broad SMARTS) is 1. The first-order valence-corrected chi connectivity index (χ1v) is 45.1. The van der Waals surface area contributed by atoms with Crippen molar-refractivity contribution in [3.63, 3.8) is 0 Å². The number of alkyl halides is 1. The fraction of sp³-hybridized carbons (Fsp3) is 0.293. The normalized spacial score (nSPS) is 10.9. The number of rotatable bonds is 18. The number of esters is 1. The number of aliphatic hydroxyl groups is 2. The van der Waals surface area contributed by atoms with Crippen LogP contribution in [0.5, 0.6) is 5.75 Å². The van der Waals surface area contributed by atoms with Crippen LogP contribution in [-0.4, -0.2) is 149 Å². The first kappa shape index (κ1) is 109. The second-order valence-electron chi connectivity index (χ2n) is 29.2. The van der Waals surface area contributed by atoms with Crippen molar-refractivity contribution in [3.8, 4) is 28.0 Å². The average molecular weight is 1890 g/mol. The second-order valence-corrected chi connectivity index (χ2v) is 42.9. The predicted octanol–water partition coefficient (Wildman–Crippen LogP) is 17.1. The third kappa shape index (κ3) is 30.8. The number of aromatic nitrogens is 9. The molecule has 9 aromatic heterocycles. The summed E-state index contributed by atoms with van der Waals surface area (Å²) < 4.78 is 21.8. The molecule has 12 rings (SSSR count). The number of nitrogen functional groups attached to an aromatic ring is 4. The third-order valence-electron chi connectivity index (χ3n) is 18.2. The van der Waals surface area contributed by atoms with E-state index < -0.39 is 42.9 Å². The summed E-state index contributed by atoms with van der Waals surface area (Å²) in [5.41, 5.74) is 34.3. The molecule has 0 saturated carbocycles. The molecule has 0 aliphatic heterocycles. The first-order chi connectivity index (χ1) is 56.9. The minimum atomic E-state index is -1.81. The van der Waals surface area contributed by atoms with Crippen LogP contribution in [0.2, 0.25) is 51.3 Å². The van der Waals surface area contributed by atoms with Gasteiger partial charge in [-0.1, -0.05) is 145 Å². The number of aliphatic hydroxyl groups excluding tert-OH is 2. The Morgan fingerprint density at radius 1 is 0.565 bits per heavy atom. The molecule has 3 aromatic carbocycles. The summed E-state index contributed by atoms with van der Waals surface area (Å²) >= 11 is 28.3. The molecule has 0 saturated heterocycles. The van der Waals surface area contributed by atoms with Crippen LogP contribution in [0.4, 0.5) is 34.3 Å². The van der Waals surface area contributed by atoms with Crippen LogP contribution in [0.1, 0.15) is 149 Å². The zero-order valence-electron chi connectivity index (χ0n) is 70.4. The standard InChI is InChI=1S/C22H29N3O2Si.C16H15N3O2.C9H6ClN3O3.C9H8ClN3O.C7H8BO3.C6H15ClSi.C5H4ClN3O2.C5H7ClO3.C2H4O2.CH4.Zn/c1-15(26)19-13-24-21-20(23)18(10-11-25(19)21)17-9-7-8-16(12-17)14-27-28(5,6)22(2,3)4;1-10(21)14-8-18-16-15(17)13(5-6-19(14)16)12-4-2-3-11(7-12)9-20;1-5(14)7-4-11-9-8(13(15)16)6(10)2-3-12(7)9;1-5(14)7-4-12-9-8(11)6(10)2-3-13(7)9;9-5-6-2-1-3-7(4-6)11-8-10;1-6(2,3)8(4,5)7;6-3-1-2-8-5(7)4(3)9(10)11;1-2-9-5(8)4(6)3-7;1-2(3)4;;/h7-13H,14,23H2,1-6H3;2-8,20H,9,17H2,1H3;2-4H,1H3;2-4H,11H2,1H3;1-4,9-10H,5H2;1-5H3;1-2H,(H2,7,8);3-4H,2H2,1H3;1H3,(H,3,4);1H4;. The van der Waals surface area contributed by atoms with E-state index in [9.17, 15) is 54.1 Å². The Bertz CT molecular complexity index is 5690. The number of ether oxygens (including phenoxy) is 1. The average Bonchev–Trinajstić information content (AvgIpc) is 1.64. The number of fused-ring (bicyclic) bond motifs is 4. The van der Waals surface area contributed by atoms with Gasteiger partial charge in [0.1, 0.15) is 44.9 Å². The van der Waals surface area contributed by atoms with Gasteiger partial charge in [0.15, 0.2) is 61.2 Å². The SMILES string of the molecule is C.CC(=O)O.CC(=O)c1cnc2c(N)c(-c3cccc(CO)c3)ccn12.CC(=O)c1cnc2c(N)c(-c3cccc(CO[Si](C)(C)C(C)(C)C)c3)ccn12.CC(=O)c1cnc2c(N)c(Cl)ccn12.CC(=O)c1cnc2c([N+](=O)[O-])c(Cl)ccn12.CC(C)(C)[Si](C)(C)Cl.CCOC(=O)C(Cl)C=O.Nc1nccc(Cl)c1[N+](=O)[O-].O[B]Oc1cccc(CO)c1.[Zn]. The summed E-state index contributed by atoms with van der Waals surface area (Å²) in [7, 11) is -2.59. The number of hydrogen-bond donors (Lipinski definition) is 8. The van der Waals surface area contributed by atoms with Gasteiger partial charge in [0.05, 0.1) is 83.1 Å². The van der Waals surface area contributed by atoms with Gasteiger partial charge < -0.3 is 61.9 Å². The molecule has 0 amide bonds. The summed E-state index contributed by atoms with van der Waals surface area (Å²) in [4.78, 5) is 115. The fourth-order valence-corrected chi connectivity index (χ4v) is 11.3. The Hall–Kier alpha value is -10.9. The van der Waals surface area contributed by atoms with Gasteiger partial charge in [-0.15, -0.1) is 11.6 Å². The fourth-order valence-electron chi connectivity index (χ4n) is 9.74. The van der Waals surface area contributed by atoms with E-state index in [1.807, 2.05) is 54.7 Å². The second kappa shape index (κ2) is 49.5.